The van der Waals surface area contributed by atoms with Gasteiger partial charge in [0.1, 0.15) is 5.75 Å². The highest BCUT2D eigenvalue weighted by Gasteiger charge is 2.33. The summed E-state index contributed by atoms with van der Waals surface area (Å²) < 4.78 is 41.1. The number of carbonyl (C=O) groups excluding carboxylic acids is 1. The van der Waals surface area contributed by atoms with Crippen LogP contribution in [-0.2, 0) is 25.9 Å². The molecule has 7 heteroatoms. The van der Waals surface area contributed by atoms with E-state index in [9.17, 15) is 18.0 Å². The van der Waals surface area contributed by atoms with Crippen molar-refractivity contribution in [1.82, 2.24) is 4.90 Å². The minimum Gasteiger partial charge on any atom is -0.406 e. The fourth-order valence-corrected chi connectivity index (χ4v) is 5.21. The van der Waals surface area contributed by atoms with Crippen LogP contribution in [0.2, 0.25) is 0 Å². The second-order valence-corrected chi connectivity index (χ2v) is 9.19. The lowest BCUT2D eigenvalue weighted by Crippen LogP contribution is -2.23. The van der Waals surface area contributed by atoms with Crippen LogP contribution in [0.25, 0.3) is 0 Å². The third kappa shape index (κ3) is 4.40. The summed E-state index contributed by atoms with van der Waals surface area (Å²) in [6.07, 6.45) is -2.83. The molecule has 0 aromatic heterocycles. The van der Waals surface area contributed by atoms with E-state index in [2.05, 4.69) is 29.0 Å². The topological polar surface area (TPSA) is 55.6 Å². The molecule has 4 nitrogen and oxygen atoms in total. The zero-order valence-corrected chi connectivity index (χ0v) is 18.7. The standard InChI is InChI=1S/C27H25F3N2O2/c1-16-10-20(25(31)21-11-18-4-2-3-5-19(18)12-21)13-22-15-32(26(33)24(16)22)14-17-6-8-23(9-7-17)34-27(28,29)30/h2-10,13,21,25H,11-12,14-15,31H2,1H3. The number of ether oxygens (including phenoxy) is 1. The van der Waals surface area contributed by atoms with Crippen molar-refractivity contribution in [3.63, 3.8) is 0 Å². The van der Waals surface area contributed by atoms with Gasteiger partial charge in [-0.25, -0.2) is 0 Å². The number of alkyl halides is 3. The van der Waals surface area contributed by atoms with Crippen molar-refractivity contribution >= 4 is 5.91 Å². The van der Waals surface area contributed by atoms with Crippen molar-refractivity contribution in [1.29, 1.82) is 0 Å². The van der Waals surface area contributed by atoms with Gasteiger partial charge in [-0.15, -0.1) is 13.2 Å². The Hall–Kier alpha value is -3.32. The van der Waals surface area contributed by atoms with Crippen molar-refractivity contribution in [3.8, 4) is 5.75 Å². The minimum atomic E-state index is -4.73. The van der Waals surface area contributed by atoms with E-state index in [0.717, 1.165) is 35.1 Å². The molecule has 2 aliphatic rings. The number of hydrogen-bond acceptors (Lipinski definition) is 3. The molecule has 1 aliphatic heterocycles. The lowest BCUT2D eigenvalue weighted by atomic mass is 9.88. The maximum atomic E-state index is 13.1. The van der Waals surface area contributed by atoms with E-state index in [1.54, 1.807) is 17.0 Å². The van der Waals surface area contributed by atoms with Gasteiger partial charge in [-0.2, -0.15) is 0 Å². The predicted molar refractivity (Wildman–Crippen MR) is 122 cm³/mol. The fraction of sp³-hybridized carbons (Fsp3) is 0.296. The van der Waals surface area contributed by atoms with Crippen molar-refractivity contribution in [2.45, 2.75) is 45.3 Å². The summed E-state index contributed by atoms with van der Waals surface area (Å²) in [5, 5.41) is 0. The summed E-state index contributed by atoms with van der Waals surface area (Å²) in [4.78, 5) is 14.8. The Balaban J connectivity index is 1.30. The minimum absolute atomic E-state index is 0.0727. The van der Waals surface area contributed by atoms with Crippen LogP contribution in [-0.4, -0.2) is 17.2 Å². The molecule has 5 rings (SSSR count). The first-order valence-corrected chi connectivity index (χ1v) is 11.3. The van der Waals surface area contributed by atoms with Gasteiger partial charge in [0.05, 0.1) is 0 Å². The number of nitrogens with two attached hydrogens (primary N) is 1. The van der Waals surface area contributed by atoms with Gasteiger partial charge in [0.25, 0.3) is 5.91 Å². The van der Waals surface area contributed by atoms with Crippen LogP contribution in [0.3, 0.4) is 0 Å². The van der Waals surface area contributed by atoms with E-state index >= 15 is 0 Å². The molecule has 34 heavy (non-hydrogen) atoms. The lowest BCUT2D eigenvalue weighted by molar-refractivity contribution is -0.274. The number of hydrogen-bond donors (Lipinski definition) is 1. The van der Waals surface area contributed by atoms with Crippen LogP contribution in [0.4, 0.5) is 13.2 Å². The number of fused-ring (bicyclic) bond motifs is 2. The van der Waals surface area contributed by atoms with E-state index in [1.165, 1.54) is 23.3 Å². The number of aryl methyl sites for hydroxylation is 1. The number of rotatable bonds is 5. The number of carbonyl (C=O) groups is 1. The first-order valence-electron chi connectivity index (χ1n) is 11.3. The normalized spacial score (nSPS) is 16.5. The van der Waals surface area contributed by atoms with Gasteiger partial charge in [-0.1, -0.05) is 48.5 Å². The van der Waals surface area contributed by atoms with Crippen LogP contribution in [0.5, 0.6) is 5.75 Å². The third-order valence-corrected chi connectivity index (χ3v) is 6.81. The van der Waals surface area contributed by atoms with Crippen LogP contribution >= 0.6 is 0 Å². The fourth-order valence-electron chi connectivity index (χ4n) is 5.21. The molecule has 3 aromatic carbocycles. The highest BCUT2D eigenvalue weighted by molar-refractivity contribution is 5.99. The predicted octanol–water partition coefficient (Wildman–Crippen LogP) is 5.46. The maximum absolute atomic E-state index is 13.1. The van der Waals surface area contributed by atoms with Crippen LogP contribution < -0.4 is 10.5 Å². The van der Waals surface area contributed by atoms with Crippen molar-refractivity contribution in [3.05, 3.63) is 99.6 Å². The number of halogens is 3. The maximum Gasteiger partial charge on any atom is 0.573 e. The summed E-state index contributed by atoms with van der Waals surface area (Å²) in [5.41, 5.74) is 13.7. The Morgan fingerprint density at radius 3 is 2.29 bits per heavy atom. The first kappa shape index (κ1) is 22.5. The first-order chi connectivity index (χ1) is 16.2. The van der Waals surface area contributed by atoms with Crippen molar-refractivity contribution < 1.29 is 22.7 Å². The zero-order valence-electron chi connectivity index (χ0n) is 18.7. The Bertz CT molecular complexity index is 1210. The second-order valence-electron chi connectivity index (χ2n) is 9.19. The molecule has 0 spiro atoms. The molecule has 0 fully saturated rings. The summed E-state index contributed by atoms with van der Waals surface area (Å²) in [6.45, 7) is 2.68. The molecule has 1 unspecified atom stereocenters. The Labute approximate surface area is 196 Å². The van der Waals surface area contributed by atoms with Crippen molar-refractivity contribution in [2.24, 2.45) is 11.7 Å². The molecule has 0 radical (unpaired) electrons. The van der Waals surface area contributed by atoms with Crippen LogP contribution in [0.1, 0.15) is 49.8 Å². The summed E-state index contributed by atoms with van der Waals surface area (Å²) >= 11 is 0. The average molecular weight is 467 g/mol. The van der Waals surface area contributed by atoms with Crippen LogP contribution in [0.15, 0.2) is 60.7 Å². The molecule has 1 amide bonds. The molecule has 0 saturated carbocycles. The van der Waals surface area contributed by atoms with Gasteiger partial charge in [0, 0.05) is 24.7 Å². The molecule has 2 N–H and O–H groups in total. The number of benzene rings is 3. The summed E-state index contributed by atoms with van der Waals surface area (Å²) in [7, 11) is 0. The largest absolute Gasteiger partial charge is 0.573 e. The van der Waals surface area contributed by atoms with E-state index in [4.69, 9.17) is 5.73 Å². The molecule has 1 heterocycles. The quantitative estimate of drug-likeness (QED) is 0.543. The molecule has 0 bridgehead atoms. The SMILES string of the molecule is Cc1cc(C(N)C2Cc3ccccc3C2)cc2c1C(=O)N(Cc1ccc(OC(F)(F)F)cc1)C2. The van der Waals surface area contributed by atoms with Gasteiger partial charge >= 0.3 is 6.36 Å². The molecule has 3 aromatic rings. The smallest absolute Gasteiger partial charge is 0.406 e. The summed E-state index contributed by atoms with van der Waals surface area (Å²) in [6, 6.07) is 18.0. The van der Waals surface area contributed by atoms with Gasteiger partial charge in [0.15, 0.2) is 0 Å². The second kappa shape index (κ2) is 8.47. The Morgan fingerprint density at radius 2 is 1.68 bits per heavy atom. The highest BCUT2D eigenvalue weighted by atomic mass is 19.4. The van der Waals surface area contributed by atoms with Gasteiger partial charge < -0.3 is 15.4 Å². The molecule has 0 saturated heterocycles. The molecule has 176 valence electrons. The van der Waals surface area contributed by atoms with E-state index in [1.807, 2.05) is 19.1 Å². The molecule has 1 aliphatic carbocycles. The average Bonchev–Trinajstić information content (AvgIpc) is 3.35. The monoisotopic (exact) mass is 466 g/mol. The van der Waals surface area contributed by atoms with Gasteiger partial charge in [0.2, 0.25) is 0 Å². The van der Waals surface area contributed by atoms with Gasteiger partial charge in [-0.05, 0) is 71.2 Å². The summed E-state index contributed by atoms with van der Waals surface area (Å²) in [5.74, 6) is -0.0344. The van der Waals surface area contributed by atoms with Crippen molar-refractivity contribution in [2.75, 3.05) is 0 Å². The van der Waals surface area contributed by atoms with E-state index in [-0.39, 0.29) is 17.7 Å². The lowest BCUT2D eigenvalue weighted by Gasteiger charge is -2.21. The highest BCUT2D eigenvalue weighted by Crippen LogP contribution is 2.37. The molecular weight excluding hydrogens is 441 g/mol. The van der Waals surface area contributed by atoms with Crippen LogP contribution in [0, 0.1) is 12.8 Å². The number of amides is 1. The van der Waals surface area contributed by atoms with Gasteiger partial charge in [-0.3, -0.25) is 4.79 Å². The van der Waals surface area contributed by atoms with E-state index in [0.29, 0.717) is 24.6 Å². The third-order valence-electron chi connectivity index (χ3n) is 6.81. The number of nitrogens with zero attached hydrogens (tertiary/aromatic N) is 1. The van der Waals surface area contributed by atoms with E-state index < -0.39 is 6.36 Å². The molecular formula is C27H25F3N2O2. The Kier molecular flexibility index (Phi) is 5.60. The Morgan fingerprint density at radius 1 is 1.03 bits per heavy atom. The zero-order chi connectivity index (χ0) is 24.0. The molecule has 1 atom stereocenters.